The molecular weight excluding hydrogens is 408 g/mol. The Morgan fingerprint density at radius 3 is 2.87 bits per heavy atom. The molecule has 2 aromatic rings. The van der Waals surface area contributed by atoms with E-state index in [1.807, 2.05) is 12.1 Å². The Bertz CT molecular complexity index is 995. The van der Waals surface area contributed by atoms with Crippen LogP contribution in [0.15, 0.2) is 36.5 Å². The van der Waals surface area contributed by atoms with Crippen molar-refractivity contribution < 1.29 is 29.1 Å². The fraction of sp³-hybridized carbons (Fsp3) is 0.350. The van der Waals surface area contributed by atoms with E-state index in [2.05, 4.69) is 10.6 Å². The summed E-state index contributed by atoms with van der Waals surface area (Å²) in [6, 6.07) is 7.73. The highest BCUT2D eigenvalue weighted by molar-refractivity contribution is 5.84. The quantitative estimate of drug-likeness (QED) is 0.177. The normalized spacial score (nSPS) is 15.4. The van der Waals surface area contributed by atoms with E-state index in [9.17, 15) is 24.9 Å². The number of hydrogen-bond donors (Lipinski definition) is 3. The van der Waals surface area contributed by atoms with Gasteiger partial charge in [-0.3, -0.25) is 25.0 Å². The third-order valence-corrected chi connectivity index (χ3v) is 4.90. The zero-order chi connectivity index (χ0) is 22.4. The van der Waals surface area contributed by atoms with Gasteiger partial charge in [-0.05, 0) is 29.7 Å². The van der Waals surface area contributed by atoms with E-state index >= 15 is 0 Å². The first-order valence-corrected chi connectivity index (χ1v) is 9.69. The highest BCUT2D eigenvalue weighted by Gasteiger charge is 2.26. The molecule has 3 N–H and O–H groups in total. The lowest BCUT2D eigenvalue weighted by Crippen LogP contribution is -2.30. The summed E-state index contributed by atoms with van der Waals surface area (Å²) in [6.07, 6.45) is 1.75. The van der Waals surface area contributed by atoms with E-state index in [-0.39, 0.29) is 23.8 Å². The first-order valence-electron chi connectivity index (χ1n) is 9.69. The molecular formula is C20H22N4O7. The molecule has 1 unspecified atom stereocenters. The van der Waals surface area contributed by atoms with Crippen LogP contribution in [0.1, 0.15) is 24.0 Å². The second-order valence-electron chi connectivity index (χ2n) is 7.13. The Morgan fingerprint density at radius 2 is 2.13 bits per heavy atom. The maximum Gasteiger partial charge on any atom is 0.304 e. The number of pyridine rings is 1. The summed E-state index contributed by atoms with van der Waals surface area (Å²) < 4.78 is 6.24. The van der Waals surface area contributed by atoms with Gasteiger partial charge in [0, 0.05) is 13.0 Å². The third-order valence-electron chi connectivity index (χ3n) is 4.90. The second kappa shape index (κ2) is 9.74. The van der Waals surface area contributed by atoms with Crippen LogP contribution in [0.3, 0.4) is 0 Å². The Hall–Kier alpha value is -3.89. The molecule has 1 aliphatic rings. The number of carboxylic acids is 1. The average Bonchev–Trinajstić information content (AvgIpc) is 2.87. The minimum absolute atomic E-state index is 0.0888. The number of anilines is 1. The molecule has 11 heteroatoms. The van der Waals surface area contributed by atoms with Crippen LogP contribution in [-0.2, 0) is 22.6 Å². The molecule has 0 saturated carbocycles. The molecule has 0 radical (unpaired) electrons. The number of hydrogen-bond acceptors (Lipinski definition) is 7. The topological polar surface area (TPSA) is 158 Å². The average molecular weight is 430 g/mol. The molecule has 0 bridgehead atoms. The van der Waals surface area contributed by atoms with Crippen molar-refractivity contribution in [3.05, 3.63) is 63.0 Å². The number of fused-ring (bicyclic) bond motifs is 1. The molecule has 0 fully saturated rings. The van der Waals surface area contributed by atoms with Crippen molar-refractivity contribution in [2.24, 2.45) is 5.92 Å². The van der Waals surface area contributed by atoms with Crippen LogP contribution < -0.4 is 20.1 Å². The van der Waals surface area contributed by atoms with Gasteiger partial charge in [-0.2, -0.15) is 0 Å². The number of benzene rings is 1. The molecule has 0 aliphatic carbocycles. The number of amides is 1. The summed E-state index contributed by atoms with van der Waals surface area (Å²) >= 11 is 0. The highest BCUT2D eigenvalue weighted by atomic mass is 16.6. The summed E-state index contributed by atoms with van der Waals surface area (Å²) in [5.41, 5.74) is 1.61. The number of rotatable bonds is 9. The number of carbonyl (C=O) groups excluding carboxylic acids is 1. The Morgan fingerprint density at radius 1 is 1.32 bits per heavy atom. The molecule has 3 rings (SSSR count). The predicted octanol–water partition coefficient (Wildman–Crippen LogP) is 1.37. The van der Waals surface area contributed by atoms with E-state index in [0.29, 0.717) is 43.0 Å². The monoisotopic (exact) mass is 430 g/mol. The van der Waals surface area contributed by atoms with Crippen molar-refractivity contribution in [1.29, 1.82) is 0 Å². The van der Waals surface area contributed by atoms with Crippen molar-refractivity contribution in [3.63, 3.8) is 0 Å². The molecule has 11 nitrogen and oxygen atoms in total. The van der Waals surface area contributed by atoms with Gasteiger partial charge in [0.05, 0.1) is 36.5 Å². The van der Waals surface area contributed by atoms with E-state index in [0.717, 1.165) is 23.4 Å². The van der Waals surface area contributed by atoms with Crippen molar-refractivity contribution in [2.45, 2.75) is 25.8 Å². The van der Waals surface area contributed by atoms with Crippen LogP contribution in [-0.4, -0.2) is 35.1 Å². The number of ether oxygens (including phenoxy) is 1. The molecule has 1 amide bonds. The van der Waals surface area contributed by atoms with Gasteiger partial charge in [-0.25, -0.2) is 4.73 Å². The molecule has 0 saturated heterocycles. The molecule has 164 valence electrons. The third kappa shape index (κ3) is 5.81. The zero-order valence-electron chi connectivity index (χ0n) is 16.6. The fourth-order valence-electron chi connectivity index (χ4n) is 3.31. The van der Waals surface area contributed by atoms with E-state index in [1.54, 1.807) is 6.07 Å². The number of aliphatic carboxylic acids is 1. The Balaban J connectivity index is 1.51. The Labute approximate surface area is 177 Å². The minimum Gasteiger partial charge on any atom is -0.711 e. The number of nitrogens with one attached hydrogen (secondary N) is 2. The van der Waals surface area contributed by atoms with Crippen LogP contribution in [0.2, 0.25) is 0 Å². The van der Waals surface area contributed by atoms with Crippen LogP contribution in [0, 0.1) is 21.2 Å². The van der Waals surface area contributed by atoms with Gasteiger partial charge >= 0.3 is 5.97 Å². The number of aromatic nitrogens is 1. The summed E-state index contributed by atoms with van der Waals surface area (Å²) in [4.78, 5) is 33.3. The van der Waals surface area contributed by atoms with Gasteiger partial charge in [0.1, 0.15) is 18.0 Å². The van der Waals surface area contributed by atoms with E-state index in [4.69, 9.17) is 9.84 Å². The molecule has 0 spiro atoms. The maximum absolute atomic E-state index is 12.1. The zero-order valence-corrected chi connectivity index (χ0v) is 16.6. The Kier molecular flexibility index (Phi) is 6.85. The first kappa shape index (κ1) is 21.8. The lowest BCUT2D eigenvalue weighted by atomic mass is 9.94. The maximum atomic E-state index is 12.1. The highest BCUT2D eigenvalue weighted by Crippen LogP contribution is 2.25. The second-order valence-corrected chi connectivity index (χ2v) is 7.13. The molecule has 2 heterocycles. The lowest BCUT2D eigenvalue weighted by Gasteiger charge is -2.12. The van der Waals surface area contributed by atoms with Gasteiger partial charge in [-0.15, -0.1) is 0 Å². The summed E-state index contributed by atoms with van der Waals surface area (Å²) in [6.45, 7) is 1.02. The smallest absolute Gasteiger partial charge is 0.304 e. The lowest BCUT2D eigenvalue weighted by molar-refractivity contribution is -0.591. The standard InChI is InChI=1S/C20H22N4O7/c25-19(26)10-14-8-13-2-3-17(9-15(13)12-22-20(14)27)31-7-1-5-21-18-11-16(24(29)30)4-6-23(18)28/h2-4,6,9,11,14,21H,1,5,7-8,10,12H2,(H,22,27)(H,25,26). The van der Waals surface area contributed by atoms with Gasteiger partial charge in [0.25, 0.3) is 11.5 Å². The molecule has 1 aromatic carbocycles. The number of nitrogens with zero attached hydrogens (tertiary/aromatic N) is 2. The SMILES string of the molecule is O=C(O)CC1Cc2ccc(OCCCNc3cc([N+](=O)[O-])cc[n+]3[O-])cc2CNC1=O. The number of nitro groups is 1. The molecule has 1 aromatic heterocycles. The van der Waals surface area contributed by atoms with Gasteiger partial charge < -0.3 is 20.4 Å². The minimum atomic E-state index is -1.01. The summed E-state index contributed by atoms with van der Waals surface area (Å²) in [5, 5.41) is 37.1. The van der Waals surface area contributed by atoms with Crippen molar-refractivity contribution in [3.8, 4) is 5.75 Å². The number of carbonyl (C=O) groups is 2. The van der Waals surface area contributed by atoms with E-state index < -0.39 is 16.8 Å². The van der Waals surface area contributed by atoms with Crippen LogP contribution in [0.5, 0.6) is 5.75 Å². The number of carboxylic acid groups (broad SMARTS) is 1. The van der Waals surface area contributed by atoms with Crippen molar-refractivity contribution >= 4 is 23.4 Å². The molecule has 1 atom stereocenters. The van der Waals surface area contributed by atoms with Crippen molar-refractivity contribution in [2.75, 3.05) is 18.5 Å². The summed E-state index contributed by atoms with van der Waals surface area (Å²) in [5.74, 6) is -1.19. The van der Waals surface area contributed by atoms with Gasteiger partial charge in [-0.1, -0.05) is 6.07 Å². The van der Waals surface area contributed by atoms with Crippen LogP contribution in [0.4, 0.5) is 11.5 Å². The first-order chi connectivity index (χ1) is 14.8. The predicted molar refractivity (Wildman–Crippen MR) is 108 cm³/mol. The van der Waals surface area contributed by atoms with Gasteiger partial charge in [0.15, 0.2) is 0 Å². The fourth-order valence-corrected chi connectivity index (χ4v) is 3.31. The molecule has 1 aliphatic heterocycles. The largest absolute Gasteiger partial charge is 0.711 e. The van der Waals surface area contributed by atoms with E-state index in [1.165, 1.54) is 6.07 Å². The summed E-state index contributed by atoms with van der Waals surface area (Å²) in [7, 11) is 0. The van der Waals surface area contributed by atoms with Crippen LogP contribution >= 0.6 is 0 Å². The molecule has 31 heavy (non-hydrogen) atoms. The van der Waals surface area contributed by atoms with Crippen LogP contribution in [0.25, 0.3) is 0 Å². The van der Waals surface area contributed by atoms with Crippen molar-refractivity contribution in [1.82, 2.24) is 5.32 Å². The van der Waals surface area contributed by atoms with Gasteiger partial charge in [0.2, 0.25) is 5.91 Å².